The number of Topliss-reactive ketones (excluding diaryl/α,β-unsaturated/α-hetero) is 1. The minimum atomic E-state index is -0.720. The van der Waals surface area contributed by atoms with E-state index in [9.17, 15) is 14.4 Å². The molecule has 0 aliphatic carbocycles. The van der Waals surface area contributed by atoms with E-state index in [-0.39, 0.29) is 12.3 Å². The number of hydrogen-bond donors (Lipinski definition) is 0. The first kappa shape index (κ1) is 14.8. The van der Waals surface area contributed by atoms with Gasteiger partial charge < -0.3 is 13.9 Å². The molecule has 2 rings (SSSR count). The number of nitrogens with zero attached hydrogens (tertiary/aromatic N) is 2. The van der Waals surface area contributed by atoms with Crippen LogP contribution in [0, 0.1) is 0 Å². The van der Waals surface area contributed by atoms with Gasteiger partial charge in [-0.3, -0.25) is 14.4 Å². The summed E-state index contributed by atoms with van der Waals surface area (Å²) >= 11 is 0. The fourth-order valence-corrected chi connectivity index (χ4v) is 1.93. The molecule has 0 unspecified atom stereocenters. The highest BCUT2D eigenvalue weighted by Gasteiger charge is 2.14. The number of rotatable bonds is 5. The number of ether oxygens (including phenoxy) is 1. The molecule has 0 saturated carbocycles. The highest BCUT2D eigenvalue weighted by atomic mass is 16.5. The van der Waals surface area contributed by atoms with Crippen LogP contribution in [0.5, 0.6) is 5.75 Å². The number of hydrogen-bond acceptors (Lipinski definition) is 4. The molecule has 6 nitrogen and oxygen atoms in total. The number of carbonyl (C=O) groups is 1. The van der Waals surface area contributed by atoms with Crippen LogP contribution in [0.4, 0.5) is 0 Å². The topological polar surface area (TPSA) is 70.3 Å². The van der Waals surface area contributed by atoms with Gasteiger partial charge in [0.15, 0.2) is 5.78 Å². The SMILES string of the molecule is CCOc1ccccc1C(=O)Cn1ccn(C)c(=O)c1=O. The molecule has 0 aliphatic heterocycles. The minimum absolute atomic E-state index is 0.195. The van der Waals surface area contributed by atoms with Crippen LogP contribution < -0.4 is 15.9 Å². The number of para-hydroxylation sites is 1. The average Bonchev–Trinajstić information content (AvgIpc) is 2.49. The third-order valence-corrected chi connectivity index (χ3v) is 3.04. The Labute approximate surface area is 121 Å². The fourth-order valence-electron chi connectivity index (χ4n) is 1.93. The summed E-state index contributed by atoms with van der Waals surface area (Å²) in [5, 5.41) is 0. The van der Waals surface area contributed by atoms with Crippen molar-refractivity contribution < 1.29 is 9.53 Å². The monoisotopic (exact) mass is 288 g/mol. The Hall–Kier alpha value is -2.63. The molecule has 1 aromatic carbocycles. The van der Waals surface area contributed by atoms with Crippen molar-refractivity contribution >= 4 is 5.78 Å². The lowest BCUT2D eigenvalue weighted by Crippen LogP contribution is -2.40. The first-order valence-corrected chi connectivity index (χ1v) is 6.55. The standard InChI is InChI=1S/C15H16N2O4/c1-3-21-13-7-5-4-6-11(13)12(18)10-17-9-8-16(2)14(19)15(17)20/h4-9H,3,10H2,1-2H3. The second-order valence-electron chi connectivity index (χ2n) is 4.50. The molecule has 0 N–H and O–H groups in total. The molecule has 2 aromatic rings. The Morgan fingerprint density at radius 2 is 1.86 bits per heavy atom. The van der Waals surface area contributed by atoms with Crippen molar-refractivity contribution in [3.8, 4) is 5.75 Å². The van der Waals surface area contributed by atoms with Crippen molar-refractivity contribution in [2.45, 2.75) is 13.5 Å². The molecule has 6 heteroatoms. The zero-order chi connectivity index (χ0) is 15.4. The van der Waals surface area contributed by atoms with E-state index in [0.29, 0.717) is 17.9 Å². The molecule has 0 radical (unpaired) electrons. The maximum atomic E-state index is 12.3. The van der Waals surface area contributed by atoms with E-state index in [1.165, 1.54) is 24.0 Å². The van der Waals surface area contributed by atoms with Crippen LogP contribution in [0.2, 0.25) is 0 Å². The second-order valence-corrected chi connectivity index (χ2v) is 4.50. The maximum Gasteiger partial charge on any atom is 0.316 e. The van der Waals surface area contributed by atoms with Crippen LogP contribution in [0.25, 0.3) is 0 Å². The summed E-state index contributed by atoms with van der Waals surface area (Å²) in [6.07, 6.45) is 2.87. The lowest BCUT2D eigenvalue weighted by atomic mass is 10.1. The Morgan fingerprint density at radius 1 is 1.14 bits per heavy atom. The van der Waals surface area contributed by atoms with Gasteiger partial charge in [0, 0.05) is 19.4 Å². The van der Waals surface area contributed by atoms with E-state index in [1.54, 1.807) is 24.3 Å². The van der Waals surface area contributed by atoms with Crippen LogP contribution in [0.3, 0.4) is 0 Å². The van der Waals surface area contributed by atoms with Crippen LogP contribution >= 0.6 is 0 Å². The third kappa shape index (κ3) is 3.10. The van der Waals surface area contributed by atoms with E-state index < -0.39 is 11.1 Å². The Balaban J connectivity index is 2.33. The summed E-state index contributed by atoms with van der Waals surface area (Å²) in [4.78, 5) is 35.7. The lowest BCUT2D eigenvalue weighted by Gasteiger charge is -2.10. The summed E-state index contributed by atoms with van der Waals surface area (Å²) < 4.78 is 7.68. The van der Waals surface area contributed by atoms with Gasteiger partial charge in [-0.25, -0.2) is 0 Å². The van der Waals surface area contributed by atoms with Crippen molar-refractivity contribution in [2.24, 2.45) is 7.05 Å². The van der Waals surface area contributed by atoms with Gasteiger partial charge in [-0.05, 0) is 19.1 Å². The molecule has 0 aliphatic rings. The average molecular weight is 288 g/mol. The number of benzene rings is 1. The predicted octanol–water partition coefficient (Wildman–Crippen LogP) is 0.829. The summed E-state index contributed by atoms with van der Waals surface area (Å²) in [6, 6.07) is 6.83. The van der Waals surface area contributed by atoms with Gasteiger partial charge in [-0.2, -0.15) is 0 Å². The van der Waals surface area contributed by atoms with Crippen molar-refractivity contribution in [2.75, 3.05) is 6.61 Å². The summed E-state index contributed by atoms with van der Waals surface area (Å²) in [6.45, 7) is 2.07. The normalized spacial score (nSPS) is 10.4. The molecule has 0 fully saturated rings. The van der Waals surface area contributed by atoms with Crippen molar-refractivity contribution in [3.63, 3.8) is 0 Å². The largest absolute Gasteiger partial charge is 0.493 e. The van der Waals surface area contributed by atoms with Crippen molar-refractivity contribution in [3.05, 3.63) is 62.9 Å². The maximum absolute atomic E-state index is 12.3. The fraction of sp³-hybridized carbons (Fsp3) is 0.267. The lowest BCUT2D eigenvalue weighted by molar-refractivity contribution is 0.0966. The molecule has 21 heavy (non-hydrogen) atoms. The highest BCUT2D eigenvalue weighted by Crippen LogP contribution is 2.18. The van der Waals surface area contributed by atoms with Gasteiger partial charge >= 0.3 is 11.1 Å². The van der Waals surface area contributed by atoms with Crippen LogP contribution in [0.1, 0.15) is 17.3 Å². The molecular weight excluding hydrogens is 272 g/mol. The molecule has 0 amide bonds. The Kier molecular flexibility index (Phi) is 4.37. The first-order chi connectivity index (χ1) is 10.0. The van der Waals surface area contributed by atoms with E-state index in [4.69, 9.17) is 4.74 Å². The quantitative estimate of drug-likeness (QED) is 0.603. The van der Waals surface area contributed by atoms with Gasteiger partial charge in [0.25, 0.3) is 0 Å². The number of ketones is 1. The third-order valence-electron chi connectivity index (χ3n) is 3.04. The molecule has 0 saturated heterocycles. The summed E-state index contributed by atoms with van der Waals surface area (Å²) in [7, 11) is 1.49. The van der Waals surface area contributed by atoms with Gasteiger partial charge in [0.05, 0.1) is 18.7 Å². The highest BCUT2D eigenvalue weighted by molar-refractivity contribution is 5.98. The zero-order valence-corrected chi connectivity index (χ0v) is 11.9. The Bertz CT molecular complexity index is 774. The van der Waals surface area contributed by atoms with Gasteiger partial charge in [-0.1, -0.05) is 12.1 Å². The zero-order valence-electron chi connectivity index (χ0n) is 11.9. The van der Waals surface area contributed by atoms with E-state index in [1.807, 2.05) is 6.92 Å². The van der Waals surface area contributed by atoms with E-state index in [0.717, 1.165) is 4.57 Å². The van der Waals surface area contributed by atoms with Gasteiger partial charge in [0.2, 0.25) is 0 Å². The predicted molar refractivity (Wildman–Crippen MR) is 77.9 cm³/mol. The van der Waals surface area contributed by atoms with Gasteiger partial charge in [0.1, 0.15) is 5.75 Å². The molecule has 1 heterocycles. The molecule has 0 bridgehead atoms. The molecule has 1 aromatic heterocycles. The van der Waals surface area contributed by atoms with Crippen molar-refractivity contribution in [1.29, 1.82) is 0 Å². The van der Waals surface area contributed by atoms with Crippen LogP contribution in [-0.4, -0.2) is 21.5 Å². The van der Waals surface area contributed by atoms with Crippen LogP contribution in [-0.2, 0) is 13.6 Å². The van der Waals surface area contributed by atoms with Gasteiger partial charge in [-0.15, -0.1) is 0 Å². The summed E-state index contributed by atoms with van der Waals surface area (Å²) in [5.41, 5.74) is -0.988. The number of aryl methyl sites for hydroxylation is 1. The molecule has 0 spiro atoms. The van der Waals surface area contributed by atoms with Crippen molar-refractivity contribution in [1.82, 2.24) is 9.13 Å². The molecule has 110 valence electrons. The molecular formula is C15H16N2O4. The second kappa shape index (κ2) is 6.21. The minimum Gasteiger partial charge on any atom is -0.493 e. The smallest absolute Gasteiger partial charge is 0.316 e. The number of aromatic nitrogens is 2. The molecule has 0 atom stereocenters. The van der Waals surface area contributed by atoms with E-state index >= 15 is 0 Å². The van der Waals surface area contributed by atoms with E-state index in [2.05, 4.69) is 0 Å². The first-order valence-electron chi connectivity index (χ1n) is 6.55. The summed E-state index contributed by atoms with van der Waals surface area (Å²) in [5.74, 6) is 0.191. The van der Waals surface area contributed by atoms with Crippen LogP contribution in [0.15, 0.2) is 46.2 Å². The Morgan fingerprint density at radius 3 is 2.57 bits per heavy atom. The number of carbonyl (C=O) groups excluding carboxylic acids is 1.